The molecule has 0 aromatic heterocycles. The number of anilines is 1. The van der Waals surface area contributed by atoms with Gasteiger partial charge >= 0.3 is 6.03 Å². The Morgan fingerprint density at radius 2 is 2.06 bits per heavy atom. The van der Waals surface area contributed by atoms with E-state index in [4.69, 9.17) is 4.84 Å². The fourth-order valence-corrected chi connectivity index (χ4v) is 2.19. The predicted molar refractivity (Wildman–Crippen MR) is 64.3 cm³/mol. The number of para-hydroxylation sites is 1. The van der Waals surface area contributed by atoms with Crippen LogP contribution >= 0.6 is 0 Å². The zero-order valence-corrected chi connectivity index (χ0v) is 9.37. The van der Waals surface area contributed by atoms with Gasteiger partial charge in [-0.05, 0) is 25.0 Å². The number of benzene rings is 1. The van der Waals surface area contributed by atoms with E-state index in [0.717, 1.165) is 18.5 Å². The SMILES string of the molecule is O=C(Nc1ccccc1)N1O[C@@H]2C=C[C@H]1CC2. The molecular weight excluding hydrogens is 216 g/mol. The second-order valence-electron chi connectivity index (χ2n) is 4.30. The minimum atomic E-state index is -0.199. The summed E-state index contributed by atoms with van der Waals surface area (Å²) in [7, 11) is 0. The molecule has 4 rings (SSSR count). The lowest BCUT2D eigenvalue weighted by molar-refractivity contribution is -0.192. The topological polar surface area (TPSA) is 41.6 Å². The van der Waals surface area contributed by atoms with Gasteiger partial charge in [-0.3, -0.25) is 4.84 Å². The lowest BCUT2D eigenvalue weighted by Crippen LogP contribution is -2.50. The summed E-state index contributed by atoms with van der Waals surface area (Å²) in [6.07, 6.45) is 6.10. The fourth-order valence-electron chi connectivity index (χ4n) is 2.19. The van der Waals surface area contributed by atoms with Crippen molar-refractivity contribution in [1.82, 2.24) is 5.06 Å². The summed E-state index contributed by atoms with van der Waals surface area (Å²) in [5, 5.41) is 4.27. The minimum absolute atomic E-state index is 0.0570. The molecule has 0 unspecified atom stereocenters. The van der Waals surface area contributed by atoms with Gasteiger partial charge in [-0.15, -0.1) is 0 Å². The number of fused-ring (bicyclic) bond motifs is 2. The third-order valence-corrected chi connectivity index (χ3v) is 3.07. The van der Waals surface area contributed by atoms with Crippen molar-refractivity contribution < 1.29 is 9.63 Å². The van der Waals surface area contributed by atoms with E-state index in [1.165, 1.54) is 5.06 Å². The van der Waals surface area contributed by atoms with Gasteiger partial charge < -0.3 is 5.32 Å². The molecule has 2 bridgehead atoms. The van der Waals surface area contributed by atoms with Crippen LogP contribution in [0.1, 0.15) is 12.8 Å². The van der Waals surface area contributed by atoms with Gasteiger partial charge in [0.2, 0.25) is 0 Å². The van der Waals surface area contributed by atoms with E-state index in [-0.39, 0.29) is 18.2 Å². The summed E-state index contributed by atoms with van der Waals surface area (Å²) < 4.78 is 0. The van der Waals surface area contributed by atoms with Crippen LogP contribution in [0.2, 0.25) is 0 Å². The second-order valence-corrected chi connectivity index (χ2v) is 4.30. The maximum absolute atomic E-state index is 12.0. The molecule has 2 heterocycles. The highest BCUT2D eigenvalue weighted by Gasteiger charge is 2.34. The molecule has 0 saturated carbocycles. The number of carbonyl (C=O) groups excluding carboxylic acids is 1. The first-order valence-electron chi connectivity index (χ1n) is 5.83. The van der Waals surface area contributed by atoms with Crippen LogP contribution in [-0.2, 0) is 4.84 Å². The van der Waals surface area contributed by atoms with Crippen molar-refractivity contribution in [2.24, 2.45) is 0 Å². The van der Waals surface area contributed by atoms with Crippen LogP contribution < -0.4 is 5.32 Å². The summed E-state index contributed by atoms with van der Waals surface area (Å²) in [6.45, 7) is 0. The Balaban J connectivity index is 1.70. The Kier molecular flexibility index (Phi) is 2.57. The van der Waals surface area contributed by atoms with Crippen molar-refractivity contribution in [2.75, 3.05) is 5.32 Å². The van der Waals surface area contributed by atoms with Gasteiger partial charge in [0.15, 0.2) is 0 Å². The van der Waals surface area contributed by atoms with Crippen LogP contribution in [0.4, 0.5) is 10.5 Å². The third kappa shape index (κ3) is 2.03. The van der Waals surface area contributed by atoms with Crippen LogP contribution in [0.3, 0.4) is 0 Å². The van der Waals surface area contributed by atoms with Gasteiger partial charge in [-0.1, -0.05) is 30.4 Å². The first-order valence-corrected chi connectivity index (χ1v) is 5.83. The molecule has 0 spiro atoms. The molecule has 1 saturated heterocycles. The molecule has 1 N–H and O–H groups in total. The number of carbonyl (C=O) groups is 1. The first kappa shape index (κ1) is 10.4. The number of amides is 2. The molecule has 1 aromatic rings. The molecule has 88 valence electrons. The Hall–Kier alpha value is -1.81. The number of hydroxylamine groups is 2. The number of hydrogen-bond donors (Lipinski definition) is 1. The van der Waals surface area contributed by atoms with Crippen molar-refractivity contribution in [1.29, 1.82) is 0 Å². The van der Waals surface area contributed by atoms with Gasteiger partial charge in [0, 0.05) is 5.69 Å². The van der Waals surface area contributed by atoms with Gasteiger partial charge in [0.25, 0.3) is 0 Å². The zero-order valence-electron chi connectivity index (χ0n) is 9.37. The molecule has 1 aliphatic carbocycles. The van der Waals surface area contributed by atoms with E-state index in [2.05, 4.69) is 5.32 Å². The third-order valence-electron chi connectivity index (χ3n) is 3.07. The first-order chi connectivity index (χ1) is 8.33. The molecular formula is C13H14N2O2. The molecule has 0 radical (unpaired) electrons. The average molecular weight is 230 g/mol. The van der Waals surface area contributed by atoms with Gasteiger partial charge in [0.05, 0.1) is 6.04 Å². The normalized spacial score (nSPS) is 26.0. The smallest absolute Gasteiger partial charge is 0.306 e. The molecule has 2 atom stereocenters. The Morgan fingerprint density at radius 3 is 2.65 bits per heavy atom. The largest absolute Gasteiger partial charge is 0.346 e. The Morgan fingerprint density at radius 1 is 1.24 bits per heavy atom. The average Bonchev–Trinajstić information content (AvgIpc) is 2.41. The maximum Gasteiger partial charge on any atom is 0.346 e. The highest BCUT2D eigenvalue weighted by Crippen LogP contribution is 2.27. The Labute approximate surface area is 99.8 Å². The van der Waals surface area contributed by atoms with Crippen molar-refractivity contribution >= 4 is 11.7 Å². The van der Waals surface area contributed by atoms with Crippen molar-refractivity contribution in [3.63, 3.8) is 0 Å². The molecule has 2 amide bonds. The molecule has 4 nitrogen and oxygen atoms in total. The van der Waals surface area contributed by atoms with Crippen molar-refractivity contribution in [3.05, 3.63) is 42.5 Å². The number of nitrogens with one attached hydrogen (secondary N) is 1. The van der Waals surface area contributed by atoms with E-state index in [0.29, 0.717) is 0 Å². The standard InChI is InChI=1S/C13H14N2O2/c16-13(14-10-4-2-1-3-5-10)15-11-6-8-12(17-15)9-7-11/h1-6,8,11-12H,7,9H2,(H,14,16)/t11-,12+/m0/s1. The van der Waals surface area contributed by atoms with Crippen LogP contribution in [0.5, 0.6) is 0 Å². The van der Waals surface area contributed by atoms with Crippen LogP contribution in [-0.4, -0.2) is 23.2 Å². The highest BCUT2D eigenvalue weighted by atomic mass is 16.7. The summed E-state index contributed by atoms with van der Waals surface area (Å²) >= 11 is 0. The molecule has 2 aliphatic heterocycles. The number of hydrogen-bond acceptors (Lipinski definition) is 2. The number of rotatable bonds is 1. The quantitative estimate of drug-likeness (QED) is 0.753. The van der Waals surface area contributed by atoms with E-state index < -0.39 is 0 Å². The molecule has 17 heavy (non-hydrogen) atoms. The number of nitrogens with zero attached hydrogens (tertiary/aromatic N) is 1. The monoisotopic (exact) mass is 230 g/mol. The summed E-state index contributed by atoms with van der Waals surface area (Å²) in [5.41, 5.74) is 0.784. The van der Waals surface area contributed by atoms with E-state index in [1.54, 1.807) is 0 Å². The van der Waals surface area contributed by atoms with Crippen LogP contribution in [0.25, 0.3) is 0 Å². The van der Waals surface area contributed by atoms with Crippen LogP contribution in [0.15, 0.2) is 42.5 Å². The maximum atomic E-state index is 12.0. The lowest BCUT2D eigenvalue weighted by Gasteiger charge is -2.39. The number of urea groups is 1. The van der Waals surface area contributed by atoms with Gasteiger partial charge in [-0.2, -0.15) is 5.06 Å². The molecule has 1 fully saturated rings. The minimum Gasteiger partial charge on any atom is -0.306 e. The molecule has 1 aromatic carbocycles. The fraction of sp³-hybridized carbons (Fsp3) is 0.308. The Bertz CT molecular complexity index is 444. The predicted octanol–water partition coefficient (Wildman–Crippen LogP) is 2.55. The lowest BCUT2D eigenvalue weighted by atomic mass is 9.98. The summed E-state index contributed by atoms with van der Waals surface area (Å²) in [4.78, 5) is 17.6. The van der Waals surface area contributed by atoms with E-state index in [9.17, 15) is 4.79 Å². The van der Waals surface area contributed by atoms with Crippen molar-refractivity contribution in [3.8, 4) is 0 Å². The van der Waals surface area contributed by atoms with Gasteiger partial charge in [0.1, 0.15) is 6.10 Å². The van der Waals surface area contributed by atoms with Gasteiger partial charge in [-0.25, -0.2) is 4.79 Å². The summed E-state index contributed by atoms with van der Waals surface area (Å²) in [6, 6.07) is 9.28. The second kappa shape index (κ2) is 4.22. The van der Waals surface area contributed by atoms with E-state index >= 15 is 0 Å². The zero-order chi connectivity index (χ0) is 11.7. The molecule has 3 aliphatic rings. The molecule has 4 heteroatoms. The van der Waals surface area contributed by atoms with E-state index in [1.807, 2.05) is 42.5 Å². The van der Waals surface area contributed by atoms with Crippen molar-refractivity contribution in [2.45, 2.75) is 25.0 Å². The summed E-state index contributed by atoms with van der Waals surface area (Å²) in [5.74, 6) is 0. The highest BCUT2D eigenvalue weighted by molar-refractivity contribution is 5.89. The van der Waals surface area contributed by atoms with Crippen LogP contribution in [0, 0.1) is 0 Å².